The zero-order chi connectivity index (χ0) is 12.3. The first-order valence-corrected chi connectivity index (χ1v) is 6.11. The number of ether oxygens (including phenoxy) is 1. The number of rotatable bonds is 3. The van der Waals surface area contributed by atoms with Crippen LogP contribution in [0.15, 0.2) is 40.9 Å². The Balaban J connectivity index is 2.09. The zero-order valence-electron chi connectivity index (χ0n) is 8.86. The fraction of sp³-hybridized carbons (Fsp3) is 0.0833. The second kappa shape index (κ2) is 5.38. The average Bonchev–Trinajstić information content (AvgIpc) is 2.30. The summed E-state index contributed by atoms with van der Waals surface area (Å²) in [6, 6.07) is 10.9. The monoisotopic (exact) mass is 312 g/mol. The van der Waals surface area contributed by atoms with E-state index < -0.39 is 0 Å². The van der Waals surface area contributed by atoms with Gasteiger partial charge >= 0.3 is 0 Å². The fourth-order valence-electron chi connectivity index (χ4n) is 1.32. The molecule has 2 aromatic rings. The van der Waals surface area contributed by atoms with E-state index in [1.54, 1.807) is 12.1 Å². The van der Waals surface area contributed by atoms with Crippen LogP contribution < -0.4 is 10.5 Å². The van der Waals surface area contributed by atoms with Crippen LogP contribution in [-0.2, 0) is 6.61 Å². The van der Waals surface area contributed by atoms with Crippen LogP contribution in [0.3, 0.4) is 0 Å². The molecule has 2 N–H and O–H groups in total. The second-order valence-corrected chi connectivity index (χ2v) is 4.74. The van der Waals surface area contributed by atoms with Crippen LogP contribution in [0.1, 0.15) is 5.69 Å². The fourth-order valence-corrected chi connectivity index (χ4v) is 1.83. The number of halogens is 2. The van der Waals surface area contributed by atoms with Crippen LogP contribution >= 0.6 is 27.5 Å². The summed E-state index contributed by atoms with van der Waals surface area (Å²) >= 11 is 9.36. The predicted octanol–water partition coefficient (Wildman–Crippen LogP) is 3.66. The molecule has 1 aromatic carbocycles. The van der Waals surface area contributed by atoms with Crippen LogP contribution in [0.2, 0.25) is 5.02 Å². The van der Waals surface area contributed by atoms with Crippen molar-refractivity contribution in [1.82, 2.24) is 4.98 Å². The van der Waals surface area contributed by atoms with Gasteiger partial charge in [0.25, 0.3) is 0 Å². The molecule has 0 aliphatic rings. The normalized spacial score (nSPS) is 10.2. The summed E-state index contributed by atoms with van der Waals surface area (Å²) in [6.45, 7) is 0.335. The van der Waals surface area contributed by atoms with Crippen molar-refractivity contribution in [3.8, 4) is 5.75 Å². The van der Waals surface area contributed by atoms with E-state index in [0.29, 0.717) is 23.2 Å². The third-order valence-electron chi connectivity index (χ3n) is 2.10. The number of anilines is 1. The minimum Gasteiger partial charge on any atom is -0.486 e. The van der Waals surface area contributed by atoms with Crippen LogP contribution in [0.4, 0.5) is 5.82 Å². The molecular formula is C12H10BrClN2O. The van der Waals surface area contributed by atoms with Gasteiger partial charge in [-0.25, -0.2) is 4.98 Å². The van der Waals surface area contributed by atoms with Gasteiger partial charge in [0.1, 0.15) is 18.2 Å². The predicted molar refractivity (Wildman–Crippen MR) is 72.1 cm³/mol. The topological polar surface area (TPSA) is 48.1 Å². The lowest BCUT2D eigenvalue weighted by atomic mass is 10.3. The number of aromatic nitrogens is 1. The van der Waals surface area contributed by atoms with Crippen LogP contribution in [0.5, 0.6) is 5.75 Å². The maximum atomic E-state index is 6.00. The SMILES string of the molecule is Nc1cccc(COc2cc(Br)ccc2Cl)n1. The molecule has 5 heteroatoms. The highest BCUT2D eigenvalue weighted by Gasteiger charge is 2.03. The Labute approximate surface area is 113 Å². The maximum Gasteiger partial charge on any atom is 0.139 e. The Kier molecular flexibility index (Phi) is 3.86. The molecule has 0 unspecified atom stereocenters. The van der Waals surface area contributed by atoms with Gasteiger partial charge in [-0.1, -0.05) is 33.6 Å². The van der Waals surface area contributed by atoms with Gasteiger partial charge in [-0.2, -0.15) is 0 Å². The summed E-state index contributed by atoms with van der Waals surface area (Å²) in [5, 5.41) is 0.567. The zero-order valence-corrected chi connectivity index (χ0v) is 11.2. The molecule has 0 fully saturated rings. The number of benzene rings is 1. The van der Waals surface area contributed by atoms with Gasteiger partial charge in [0.2, 0.25) is 0 Å². The molecule has 0 spiro atoms. The van der Waals surface area contributed by atoms with E-state index in [9.17, 15) is 0 Å². The summed E-state index contributed by atoms with van der Waals surface area (Å²) < 4.78 is 6.49. The molecule has 2 rings (SSSR count). The molecule has 88 valence electrons. The van der Waals surface area contributed by atoms with Crippen molar-refractivity contribution in [3.05, 3.63) is 51.6 Å². The van der Waals surface area contributed by atoms with Crippen molar-refractivity contribution in [2.24, 2.45) is 0 Å². The van der Waals surface area contributed by atoms with E-state index >= 15 is 0 Å². The maximum absolute atomic E-state index is 6.00. The quantitative estimate of drug-likeness (QED) is 0.940. The number of hydrogen-bond acceptors (Lipinski definition) is 3. The Morgan fingerprint density at radius 2 is 2.12 bits per heavy atom. The molecule has 0 bridgehead atoms. The summed E-state index contributed by atoms with van der Waals surface area (Å²) in [6.07, 6.45) is 0. The van der Waals surface area contributed by atoms with E-state index in [-0.39, 0.29) is 0 Å². The summed E-state index contributed by atoms with van der Waals surface area (Å²) in [5.74, 6) is 1.09. The third-order valence-corrected chi connectivity index (χ3v) is 2.90. The molecule has 0 radical (unpaired) electrons. The van der Waals surface area contributed by atoms with Crippen LogP contribution in [0.25, 0.3) is 0 Å². The highest BCUT2D eigenvalue weighted by Crippen LogP contribution is 2.28. The number of nitrogen functional groups attached to an aromatic ring is 1. The van der Waals surface area contributed by atoms with E-state index in [2.05, 4.69) is 20.9 Å². The summed E-state index contributed by atoms with van der Waals surface area (Å²) in [5.41, 5.74) is 6.35. The lowest BCUT2D eigenvalue weighted by molar-refractivity contribution is 0.301. The number of nitrogens with zero attached hydrogens (tertiary/aromatic N) is 1. The van der Waals surface area contributed by atoms with Gasteiger partial charge in [-0.15, -0.1) is 0 Å². The third kappa shape index (κ3) is 3.35. The minimum atomic E-state index is 0.335. The first kappa shape index (κ1) is 12.2. The van der Waals surface area contributed by atoms with E-state index in [1.165, 1.54) is 0 Å². The smallest absolute Gasteiger partial charge is 0.139 e. The van der Waals surface area contributed by atoms with Gasteiger partial charge in [0.05, 0.1) is 10.7 Å². The Bertz CT molecular complexity index is 534. The van der Waals surface area contributed by atoms with Crippen molar-refractivity contribution in [3.63, 3.8) is 0 Å². The second-order valence-electron chi connectivity index (χ2n) is 3.42. The Morgan fingerprint density at radius 1 is 1.29 bits per heavy atom. The van der Waals surface area contributed by atoms with Crippen LogP contribution in [0, 0.1) is 0 Å². The highest BCUT2D eigenvalue weighted by atomic mass is 79.9. The van der Waals surface area contributed by atoms with Gasteiger partial charge in [-0.05, 0) is 30.3 Å². The largest absolute Gasteiger partial charge is 0.486 e. The Hall–Kier alpha value is -1.26. The van der Waals surface area contributed by atoms with Gasteiger partial charge in [0, 0.05) is 4.47 Å². The molecule has 0 saturated heterocycles. The first-order valence-electron chi connectivity index (χ1n) is 4.94. The molecule has 17 heavy (non-hydrogen) atoms. The Morgan fingerprint density at radius 3 is 2.88 bits per heavy atom. The van der Waals surface area contributed by atoms with Crippen molar-refractivity contribution in [2.75, 3.05) is 5.73 Å². The van der Waals surface area contributed by atoms with Crippen molar-refractivity contribution in [2.45, 2.75) is 6.61 Å². The van der Waals surface area contributed by atoms with E-state index in [1.807, 2.05) is 24.3 Å². The summed E-state index contributed by atoms with van der Waals surface area (Å²) in [7, 11) is 0. The average molecular weight is 314 g/mol. The van der Waals surface area contributed by atoms with Crippen LogP contribution in [-0.4, -0.2) is 4.98 Å². The molecule has 0 saturated carbocycles. The summed E-state index contributed by atoms with van der Waals surface area (Å²) in [4.78, 5) is 4.14. The molecular weight excluding hydrogens is 304 g/mol. The van der Waals surface area contributed by atoms with Gasteiger partial charge < -0.3 is 10.5 Å². The molecule has 3 nitrogen and oxygen atoms in total. The number of nitrogens with two attached hydrogens (primary N) is 1. The molecule has 0 atom stereocenters. The number of pyridine rings is 1. The standard InChI is InChI=1S/C12H10BrClN2O/c13-8-4-5-10(14)11(6-8)17-7-9-2-1-3-12(15)16-9/h1-6H,7H2,(H2,15,16). The lowest BCUT2D eigenvalue weighted by Crippen LogP contribution is -2.00. The van der Waals surface area contributed by atoms with Gasteiger partial charge in [-0.3, -0.25) is 0 Å². The molecule has 0 aliphatic carbocycles. The number of hydrogen-bond donors (Lipinski definition) is 1. The lowest BCUT2D eigenvalue weighted by Gasteiger charge is -2.08. The molecule has 0 aliphatic heterocycles. The molecule has 1 heterocycles. The van der Waals surface area contributed by atoms with Gasteiger partial charge in [0.15, 0.2) is 0 Å². The molecule has 1 aromatic heterocycles. The highest BCUT2D eigenvalue weighted by molar-refractivity contribution is 9.10. The van der Waals surface area contributed by atoms with Crippen molar-refractivity contribution >= 4 is 33.3 Å². The van der Waals surface area contributed by atoms with E-state index in [4.69, 9.17) is 22.1 Å². The molecule has 0 amide bonds. The van der Waals surface area contributed by atoms with Crippen molar-refractivity contribution in [1.29, 1.82) is 0 Å². The first-order chi connectivity index (χ1) is 8.15. The van der Waals surface area contributed by atoms with E-state index in [0.717, 1.165) is 10.2 Å². The minimum absolute atomic E-state index is 0.335. The van der Waals surface area contributed by atoms with Crippen molar-refractivity contribution < 1.29 is 4.74 Å².